The summed E-state index contributed by atoms with van der Waals surface area (Å²) in [6.45, 7) is 7.58. The molecule has 22 heavy (non-hydrogen) atoms. The van der Waals surface area contributed by atoms with Crippen molar-refractivity contribution in [2.24, 2.45) is 0 Å². The molecule has 0 bridgehead atoms. The van der Waals surface area contributed by atoms with Crippen LogP contribution in [0.3, 0.4) is 0 Å². The Morgan fingerprint density at radius 3 is 2.68 bits per heavy atom. The second-order valence-electron chi connectivity index (χ2n) is 6.39. The molecule has 0 spiro atoms. The van der Waals surface area contributed by atoms with E-state index in [4.69, 9.17) is 4.74 Å². The van der Waals surface area contributed by atoms with E-state index in [9.17, 15) is 5.11 Å². The maximum absolute atomic E-state index is 10.1. The van der Waals surface area contributed by atoms with Crippen LogP contribution in [0.4, 0.5) is 0 Å². The van der Waals surface area contributed by atoms with Gasteiger partial charge < -0.3 is 19.6 Å². The molecule has 1 aromatic carbocycles. The van der Waals surface area contributed by atoms with Crippen LogP contribution < -0.4 is 4.74 Å². The van der Waals surface area contributed by atoms with E-state index in [-0.39, 0.29) is 0 Å². The summed E-state index contributed by atoms with van der Waals surface area (Å²) in [5.41, 5.74) is 1.10. The van der Waals surface area contributed by atoms with Crippen LogP contribution in [-0.4, -0.2) is 67.4 Å². The van der Waals surface area contributed by atoms with Gasteiger partial charge in [0.2, 0.25) is 0 Å². The average molecular weight is 306 g/mol. The van der Waals surface area contributed by atoms with E-state index in [1.54, 1.807) is 0 Å². The van der Waals surface area contributed by atoms with Crippen LogP contribution in [0.1, 0.15) is 24.8 Å². The summed E-state index contributed by atoms with van der Waals surface area (Å²) in [5, 5.41) is 10.1. The molecular formula is C18H30N2O2. The van der Waals surface area contributed by atoms with Crippen molar-refractivity contribution < 1.29 is 9.84 Å². The minimum atomic E-state index is -0.453. The zero-order valence-corrected chi connectivity index (χ0v) is 14.0. The fraction of sp³-hybridized carbons (Fsp3) is 0.667. The van der Waals surface area contributed by atoms with Crippen LogP contribution >= 0.6 is 0 Å². The molecule has 0 saturated carbocycles. The molecule has 1 saturated heterocycles. The van der Waals surface area contributed by atoms with Gasteiger partial charge in [0.1, 0.15) is 18.5 Å². The maximum Gasteiger partial charge on any atom is 0.122 e. The highest BCUT2D eigenvalue weighted by molar-refractivity contribution is 5.31. The van der Waals surface area contributed by atoms with Crippen molar-refractivity contribution in [3.05, 3.63) is 29.8 Å². The number of benzene rings is 1. The molecular weight excluding hydrogens is 276 g/mol. The second-order valence-corrected chi connectivity index (χ2v) is 6.39. The van der Waals surface area contributed by atoms with Crippen LogP contribution in [0.2, 0.25) is 0 Å². The monoisotopic (exact) mass is 306 g/mol. The van der Waals surface area contributed by atoms with E-state index in [1.807, 2.05) is 31.2 Å². The van der Waals surface area contributed by atoms with Crippen molar-refractivity contribution in [2.75, 3.05) is 46.4 Å². The summed E-state index contributed by atoms with van der Waals surface area (Å²) < 4.78 is 5.71. The van der Waals surface area contributed by atoms with Gasteiger partial charge in [0.15, 0.2) is 0 Å². The molecule has 1 atom stereocenters. The number of ether oxygens (including phenoxy) is 1. The number of hydrogen-bond acceptors (Lipinski definition) is 4. The molecule has 1 unspecified atom stereocenters. The van der Waals surface area contributed by atoms with Gasteiger partial charge >= 0.3 is 0 Å². The van der Waals surface area contributed by atoms with Crippen molar-refractivity contribution in [1.82, 2.24) is 9.80 Å². The SMILES string of the molecule is Cc1ccccc1OCC(O)CN(C)CCN1CCCCC1. The van der Waals surface area contributed by atoms with E-state index in [1.165, 1.54) is 32.4 Å². The predicted molar refractivity (Wildman–Crippen MR) is 90.5 cm³/mol. The van der Waals surface area contributed by atoms with Crippen molar-refractivity contribution in [1.29, 1.82) is 0 Å². The van der Waals surface area contributed by atoms with Gasteiger partial charge in [-0.15, -0.1) is 0 Å². The lowest BCUT2D eigenvalue weighted by Crippen LogP contribution is -2.40. The number of nitrogens with zero attached hydrogens (tertiary/aromatic N) is 2. The van der Waals surface area contributed by atoms with Crippen molar-refractivity contribution >= 4 is 0 Å². The molecule has 1 aromatic rings. The standard InChI is InChI=1S/C18H30N2O2/c1-16-8-4-5-9-18(16)22-15-17(21)14-19(2)12-13-20-10-6-3-7-11-20/h4-5,8-9,17,21H,3,6-7,10-15H2,1-2H3. The Kier molecular flexibility index (Phi) is 7.16. The number of likely N-dealkylation sites (tertiary alicyclic amines) is 1. The first kappa shape index (κ1) is 17.3. The Labute approximate surface area is 134 Å². The second kappa shape index (κ2) is 9.13. The Balaban J connectivity index is 1.63. The van der Waals surface area contributed by atoms with Gasteiger partial charge in [-0.05, 0) is 51.5 Å². The van der Waals surface area contributed by atoms with E-state index in [0.29, 0.717) is 13.2 Å². The van der Waals surface area contributed by atoms with E-state index in [2.05, 4.69) is 16.8 Å². The van der Waals surface area contributed by atoms with Crippen LogP contribution in [-0.2, 0) is 0 Å². The maximum atomic E-state index is 10.1. The van der Waals surface area contributed by atoms with Crippen LogP contribution in [0.5, 0.6) is 5.75 Å². The third-order valence-electron chi connectivity index (χ3n) is 4.29. The number of piperidine rings is 1. The minimum Gasteiger partial charge on any atom is -0.491 e. The molecule has 0 radical (unpaired) electrons. The van der Waals surface area contributed by atoms with Gasteiger partial charge in [-0.1, -0.05) is 24.6 Å². The summed E-state index contributed by atoms with van der Waals surface area (Å²) in [5.74, 6) is 0.859. The molecule has 1 fully saturated rings. The normalized spacial score (nSPS) is 17.6. The number of aliphatic hydroxyl groups excluding tert-OH is 1. The van der Waals surface area contributed by atoms with Crippen LogP contribution in [0.25, 0.3) is 0 Å². The molecule has 1 N–H and O–H groups in total. The van der Waals surface area contributed by atoms with E-state index >= 15 is 0 Å². The molecule has 0 aliphatic carbocycles. The quantitative estimate of drug-likeness (QED) is 0.798. The van der Waals surface area contributed by atoms with Gasteiger partial charge in [0, 0.05) is 19.6 Å². The fourth-order valence-electron chi connectivity index (χ4n) is 2.90. The summed E-state index contributed by atoms with van der Waals surface area (Å²) in [4.78, 5) is 4.72. The largest absolute Gasteiger partial charge is 0.491 e. The first-order valence-electron chi connectivity index (χ1n) is 8.42. The minimum absolute atomic E-state index is 0.346. The van der Waals surface area contributed by atoms with Gasteiger partial charge in [-0.3, -0.25) is 0 Å². The number of likely N-dealkylation sites (N-methyl/N-ethyl adjacent to an activating group) is 1. The lowest BCUT2D eigenvalue weighted by molar-refractivity contribution is 0.0718. The lowest BCUT2D eigenvalue weighted by atomic mass is 10.1. The molecule has 1 aliphatic heterocycles. The number of rotatable bonds is 8. The molecule has 1 heterocycles. The Bertz CT molecular complexity index is 433. The van der Waals surface area contributed by atoms with Gasteiger partial charge in [0.25, 0.3) is 0 Å². The zero-order chi connectivity index (χ0) is 15.8. The Morgan fingerprint density at radius 1 is 1.23 bits per heavy atom. The molecule has 124 valence electrons. The summed E-state index contributed by atoms with van der Waals surface area (Å²) in [7, 11) is 2.07. The summed E-state index contributed by atoms with van der Waals surface area (Å²) in [6, 6.07) is 7.92. The first-order valence-corrected chi connectivity index (χ1v) is 8.42. The van der Waals surface area contributed by atoms with Crippen LogP contribution in [0, 0.1) is 6.92 Å². The average Bonchev–Trinajstić information content (AvgIpc) is 2.53. The fourth-order valence-corrected chi connectivity index (χ4v) is 2.90. The third-order valence-corrected chi connectivity index (χ3v) is 4.29. The molecule has 4 heteroatoms. The third kappa shape index (κ3) is 5.95. The molecule has 1 aliphatic rings. The zero-order valence-electron chi connectivity index (χ0n) is 14.0. The summed E-state index contributed by atoms with van der Waals surface area (Å²) in [6.07, 6.45) is 3.58. The lowest BCUT2D eigenvalue weighted by Gasteiger charge is -2.29. The number of hydrogen-bond donors (Lipinski definition) is 1. The number of aryl methyl sites for hydroxylation is 1. The predicted octanol–water partition coefficient (Wildman–Crippen LogP) is 2.15. The Morgan fingerprint density at radius 2 is 1.95 bits per heavy atom. The van der Waals surface area contributed by atoms with E-state index < -0.39 is 6.10 Å². The first-order chi connectivity index (χ1) is 10.6. The Hall–Kier alpha value is -1.10. The van der Waals surface area contributed by atoms with Gasteiger partial charge in [-0.25, -0.2) is 0 Å². The van der Waals surface area contributed by atoms with Crippen molar-refractivity contribution in [3.63, 3.8) is 0 Å². The smallest absolute Gasteiger partial charge is 0.122 e. The van der Waals surface area contributed by atoms with E-state index in [0.717, 1.165) is 24.4 Å². The highest BCUT2D eigenvalue weighted by Crippen LogP contribution is 2.16. The number of para-hydroxylation sites is 1. The highest BCUT2D eigenvalue weighted by Gasteiger charge is 2.13. The van der Waals surface area contributed by atoms with Crippen LogP contribution in [0.15, 0.2) is 24.3 Å². The molecule has 0 aromatic heterocycles. The topological polar surface area (TPSA) is 35.9 Å². The molecule has 4 nitrogen and oxygen atoms in total. The summed E-state index contributed by atoms with van der Waals surface area (Å²) >= 11 is 0. The van der Waals surface area contributed by atoms with Gasteiger partial charge in [0.05, 0.1) is 0 Å². The molecule has 2 rings (SSSR count). The molecule has 0 amide bonds. The highest BCUT2D eigenvalue weighted by atomic mass is 16.5. The van der Waals surface area contributed by atoms with Crippen molar-refractivity contribution in [3.8, 4) is 5.75 Å². The van der Waals surface area contributed by atoms with Crippen molar-refractivity contribution in [2.45, 2.75) is 32.3 Å². The number of aliphatic hydroxyl groups is 1. The van der Waals surface area contributed by atoms with Gasteiger partial charge in [-0.2, -0.15) is 0 Å².